The second-order valence-corrected chi connectivity index (χ2v) is 4.12. The summed E-state index contributed by atoms with van der Waals surface area (Å²) >= 11 is 0. The molecule has 1 aromatic rings. The molecular formula is C12H17N3O4. The van der Waals surface area contributed by atoms with Crippen molar-refractivity contribution in [2.45, 2.75) is 6.10 Å². The Morgan fingerprint density at radius 1 is 1.47 bits per heavy atom. The lowest BCUT2D eigenvalue weighted by atomic mass is 10.2. The Balaban J connectivity index is 1.91. The third kappa shape index (κ3) is 4.01. The number of benzene rings is 1. The fourth-order valence-electron chi connectivity index (χ4n) is 1.76. The molecule has 1 atom stereocenters. The van der Waals surface area contributed by atoms with E-state index < -0.39 is 6.09 Å². The van der Waals surface area contributed by atoms with Gasteiger partial charge in [0.05, 0.1) is 37.3 Å². The second-order valence-electron chi connectivity index (χ2n) is 4.12. The van der Waals surface area contributed by atoms with Crippen molar-refractivity contribution in [2.24, 2.45) is 5.73 Å². The summed E-state index contributed by atoms with van der Waals surface area (Å²) in [5.74, 6) is 0.313. The maximum absolute atomic E-state index is 10.6. The van der Waals surface area contributed by atoms with Crippen LogP contribution < -0.4 is 21.5 Å². The highest BCUT2D eigenvalue weighted by atomic mass is 16.6. The molecule has 0 aliphatic carbocycles. The van der Waals surface area contributed by atoms with Crippen LogP contribution in [0.3, 0.4) is 0 Å². The van der Waals surface area contributed by atoms with Crippen LogP contribution in [0.2, 0.25) is 0 Å². The Hall–Kier alpha value is -1.99. The molecule has 7 nitrogen and oxygen atoms in total. The first-order chi connectivity index (χ1) is 9.15. The highest BCUT2D eigenvalue weighted by Gasteiger charge is 2.14. The van der Waals surface area contributed by atoms with Crippen molar-refractivity contribution in [3.63, 3.8) is 0 Å². The molecule has 19 heavy (non-hydrogen) atoms. The van der Waals surface area contributed by atoms with Gasteiger partial charge in [0, 0.05) is 12.6 Å². The quantitative estimate of drug-likeness (QED) is 0.687. The van der Waals surface area contributed by atoms with Crippen LogP contribution in [0.5, 0.6) is 5.75 Å². The lowest BCUT2D eigenvalue weighted by Crippen LogP contribution is -2.34. The van der Waals surface area contributed by atoms with Gasteiger partial charge in [-0.3, -0.25) is 0 Å². The number of carbonyl (C=O) groups is 1. The van der Waals surface area contributed by atoms with Crippen molar-refractivity contribution < 1.29 is 19.0 Å². The van der Waals surface area contributed by atoms with E-state index in [-0.39, 0.29) is 6.10 Å². The fourth-order valence-corrected chi connectivity index (χ4v) is 1.76. The predicted molar refractivity (Wildman–Crippen MR) is 70.1 cm³/mol. The van der Waals surface area contributed by atoms with Crippen LogP contribution in [0.1, 0.15) is 0 Å². The number of rotatable bonds is 4. The standard InChI is InChI=1S/C12H17N3O4/c13-10-5-8(19-12(14)16)1-2-11(10)15-6-9-7-17-3-4-18-9/h1-2,5,9,15H,3-4,6-7,13H2,(H2,14,16). The summed E-state index contributed by atoms with van der Waals surface area (Å²) in [7, 11) is 0. The molecule has 0 bridgehead atoms. The van der Waals surface area contributed by atoms with Crippen molar-refractivity contribution >= 4 is 17.5 Å². The number of carbonyl (C=O) groups excluding carboxylic acids is 1. The molecule has 1 unspecified atom stereocenters. The van der Waals surface area contributed by atoms with Gasteiger partial charge in [-0.05, 0) is 12.1 Å². The Morgan fingerprint density at radius 2 is 2.32 bits per heavy atom. The van der Waals surface area contributed by atoms with Crippen LogP contribution in [0.15, 0.2) is 18.2 Å². The Morgan fingerprint density at radius 3 is 2.95 bits per heavy atom. The summed E-state index contributed by atoms with van der Waals surface area (Å²) in [6, 6.07) is 4.87. The number of hydrogen-bond acceptors (Lipinski definition) is 6. The van der Waals surface area contributed by atoms with Crippen LogP contribution in [0.4, 0.5) is 16.2 Å². The molecule has 2 rings (SSSR count). The molecule has 1 aliphatic heterocycles. The summed E-state index contributed by atoms with van der Waals surface area (Å²) in [4.78, 5) is 10.6. The van der Waals surface area contributed by atoms with Crippen LogP contribution in [-0.4, -0.2) is 38.6 Å². The number of nitrogens with one attached hydrogen (secondary N) is 1. The molecule has 1 saturated heterocycles. The van der Waals surface area contributed by atoms with Gasteiger partial charge in [0.1, 0.15) is 5.75 Å². The smallest absolute Gasteiger partial charge is 0.409 e. The molecule has 1 heterocycles. The molecule has 0 spiro atoms. The Labute approximate surface area is 110 Å². The molecule has 0 aromatic heterocycles. The molecule has 7 heteroatoms. The van der Waals surface area contributed by atoms with Crippen LogP contribution in [0, 0.1) is 0 Å². The van der Waals surface area contributed by atoms with Gasteiger partial charge in [-0.1, -0.05) is 0 Å². The summed E-state index contributed by atoms with van der Waals surface area (Å²) in [5.41, 5.74) is 12.0. The third-order valence-electron chi connectivity index (χ3n) is 2.65. The van der Waals surface area contributed by atoms with Gasteiger partial charge in [0.15, 0.2) is 0 Å². The SMILES string of the molecule is NC(=O)Oc1ccc(NCC2COCCO2)c(N)c1. The minimum atomic E-state index is -0.868. The van der Waals surface area contributed by atoms with Gasteiger partial charge in [0.2, 0.25) is 0 Å². The van der Waals surface area contributed by atoms with Crippen LogP contribution in [-0.2, 0) is 9.47 Å². The molecular weight excluding hydrogens is 250 g/mol. The average molecular weight is 267 g/mol. The molecule has 0 radical (unpaired) electrons. The zero-order valence-electron chi connectivity index (χ0n) is 10.4. The summed E-state index contributed by atoms with van der Waals surface area (Å²) in [5, 5.41) is 3.16. The lowest BCUT2D eigenvalue weighted by molar-refractivity contribution is -0.0818. The van der Waals surface area contributed by atoms with E-state index in [9.17, 15) is 4.79 Å². The number of primary amides is 1. The summed E-state index contributed by atoms with van der Waals surface area (Å²) in [6.45, 7) is 2.40. The molecule has 5 N–H and O–H groups in total. The normalized spacial score (nSPS) is 18.8. The van der Waals surface area contributed by atoms with Gasteiger partial charge in [-0.15, -0.1) is 0 Å². The number of ether oxygens (including phenoxy) is 3. The van der Waals surface area contributed by atoms with E-state index in [0.717, 1.165) is 5.69 Å². The van der Waals surface area contributed by atoms with Gasteiger partial charge in [-0.25, -0.2) is 4.79 Å². The average Bonchev–Trinajstić information content (AvgIpc) is 2.38. The van der Waals surface area contributed by atoms with E-state index in [1.165, 1.54) is 6.07 Å². The topological polar surface area (TPSA) is 109 Å². The van der Waals surface area contributed by atoms with Crippen LogP contribution >= 0.6 is 0 Å². The van der Waals surface area contributed by atoms with E-state index in [1.54, 1.807) is 12.1 Å². The maximum Gasteiger partial charge on any atom is 0.409 e. The Kier molecular flexibility index (Phi) is 4.43. The first-order valence-corrected chi connectivity index (χ1v) is 5.95. The predicted octanol–water partition coefficient (Wildman–Crippen LogP) is 0.554. The van der Waals surface area contributed by atoms with E-state index in [4.69, 9.17) is 25.7 Å². The fraction of sp³-hybridized carbons (Fsp3) is 0.417. The zero-order valence-corrected chi connectivity index (χ0v) is 10.4. The van der Waals surface area contributed by atoms with Crippen LogP contribution in [0.25, 0.3) is 0 Å². The van der Waals surface area contributed by atoms with Gasteiger partial charge < -0.3 is 31.0 Å². The van der Waals surface area contributed by atoms with E-state index in [2.05, 4.69) is 5.32 Å². The lowest BCUT2D eigenvalue weighted by Gasteiger charge is -2.23. The molecule has 1 amide bonds. The van der Waals surface area contributed by atoms with E-state index in [0.29, 0.717) is 37.8 Å². The minimum absolute atomic E-state index is 0.00898. The molecule has 1 fully saturated rings. The monoisotopic (exact) mass is 267 g/mol. The van der Waals surface area contributed by atoms with Gasteiger partial charge >= 0.3 is 6.09 Å². The number of hydrogen-bond donors (Lipinski definition) is 3. The highest BCUT2D eigenvalue weighted by Crippen LogP contribution is 2.24. The number of amides is 1. The highest BCUT2D eigenvalue weighted by molar-refractivity contribution is 5.72. The number of nitrogens with two attached hydrogens (primary N) is 2. The van der Waals surface area contributed by atoms with E-state index in [1.807, 2.05) is 0 Å². The van der Waals surface area contributed by atoms with Crippen molar-refractivity contribution in [3.8, 4) is 5.75 Å². The molecule has 1 aromatic carbocycles. The minimum Gasteiger partial charge on any atom is -0.410 e. The van der Waals surface area contributed by atoms with Gasteiger partial charge in [-0.2, -0.15) is 0 Å². The Bertz CT molecular complexity index is 447. The summed E-state index contributed by atoms with van der Waals surface area (Å²) < 4.78 is 15.5. The molecule has 1 aliphatic rings. The van der Waals surface area contributed by atoms with Crippen molar-refractivity contribution in [1.29, 1.82) is 0 Å². The van der Waals surface area contributed by atoms with Crippen molar-refractivity contribution in [2.75, 3.05) is 37.4 Å². The zero-order chi connectivity index (χ0) is 13.7. The largest absolute Gasteiger partial charge is 0.410 e. The number of anilines is 2. The maximum atomic E-state index is 10.6. The molecule has 104 valence electrons. The second kappa shape index (κ2) is 6.26. The van der Waals surface area contributed by atoms with Crippen molar-refractivity contribution in [3.05, 3.63) is 18.2 Å². The van der Waals surface area contributed by atoms with Gasteiger partial charge in [0.25, 0.3) is 0 Å². The third-order valence-corrected chi connectivity index (χ3v) is 2.65. The first kappa shape index (κ1) is 13.4. The molecule has 0 saturated carbocycles. The van der Waals surface area contributed by atoms with Crippen molar-refractivity contribution in [1.82, 2.24) is 0 Å². The number of nitrogen functional groups attached to an aromatic ring is 1. The van der Waals surface area contributed by atoms with E-state index >= 15 is 0 Å². The first-order valence-electron chi connectivity index (χ1n) is 5.95. The summed E-state index contributed by atoms with van der Waals surface area (Å²) in [6.07, 6.45) is -0.859.